The second-order valence-electron chi connectivity index (χ2n) is 2.91. The molecule has 0 saturated heterocycles. The Balaban J connectivity index is 2.81. The summed E-state index contributed by atoms with van der Waals surface area (Å²) in [6.07, 6.45) is 0.900. The van der Waals surface area contributed by atoms with Crippen molar-refractivity contribution in [2.45, 2.75) is 13.3 Å². The number of rotatable bonds is 1. The smallest absolute Gasteiger partial charge is 0.0919 e. The van der Waals surface area contributed by atoms with Crippen LogP contribution in [0, 0.1) is 0 Å². The van der Waals surface area contributed by atoms with E-state index in [0.717, 1.165) is 27.5 Å². The number of hydrogen-bond donors (Lipinski definition) is 1. The Hall–Kier alpha value is -1.03. The first-order valence-electron chi connectivity index (χ1n) is 4.14. The number of halogens is 1. The molecule has 2 N–H and O–H groups in total. The van der Waals surface area contributed by atoms with E-state index in [1.807, 2.05) is 18.2 Å². The molecule has 0 saturated carbocycles. The van der Waals surface area contributed by atoms with Gasteiger partial charge in [-0.15, -0.1) is 0 Å². The fourth-order valence-corrected chi connectivity index (χ4v) is 1.80. The summed E-state index contributed by atoms with van der Waals surface area (Å²) in [7, 11) is 0. The Kier molecular flexibility index (Phi) is 2.00. The summed E-state index contributed by atoms with van der Waals surface area (Å²) in [6.45, 7) is 2.07. The monoisotopic (exact) mass is 239 g/mol. The molecule has 1 aromatic heterocycles. The lowest BCUT2D eigenvalue weighted by Gasteiger charge is -1.93. The third kappa shape index (κ3) is 1.31. The fourth-order valence-electron chi connectivity index (χ4n) is 1.44. The molecule has 13 heavy (non-hydrogen) atoms. The molecular formula is C9H10BrN3. The molecule has 0 aliphatic carbocycles. The maximum absolute atomic E-state index is 5.69. The third-order valence-electron chi connectivity index (χ3n) is 2.08. The zero-order valence-electron chi connectivity index (χ0n) is 7.29. The highest BCUT2D eigenvalue weighted by atomic mass is 79.9. The van der Waals surface area contributed by atoms with Gasteiger partial charge in [0.2, 0.25) is 0 Å². The van der Waals surface area contributed by atoms with Crippen LogP contribution < -0.4 is 5.84 Å². The largest absolute Gasteiger partial charge is 0.323 e. The van der Waals surface area contributed by atoms with E-state index in [0.29, 0.717) is 0 Å². The van der Waals surface area contributed by atoms with Gasteiger partial charge in [-0.05, 0) is 24.6 Å². The second-order valence-corrected chi connectivity index (χ2v) is 3.82. The van der Waals surface area contributed by atoms with E-state index in [1.165, 1.54) is 4.79 Å². The summed E-state index contributed by atoms with van der Waals surface area (Å²) in [5.41, 5.74) is 2.01. The van der Waals surface area contributed by atoms with Crippen LogP contribution in [0.5, 0.6) is 0 Å². The molecule has 2 rings (SSSR count). The van der Waals surface area contributed by atoms with Gasteiger partial charge >= 0.3 is 0 Å². The summed E-state index contributed by atoms with van der Waals surface area (Å²) in [5.74, 6) is 5.69. The van der Waals surface area contributed by atoms with Gasteiger partial charge < -0.3 is 5.84 Å². The van der Waals surface area contributed by atoms with Crippen LogP contribution in [-0.4, -0.2) is 9.89 Å². The Labute approximate surface area is 84.6 Å². The Morgan fingerprint density at radius 2 is 2.31 bits per heavy atom. The van der Waals surface area contributed by atoms with Crippen LogP contribution in [0.4, 0.5) is 0 Å². The van der Waals surface area contributed by atoms with Gasteiger partial charge in [-0.3, -0.25) is 0 Å². The highest BCUT2D eigenvalue weighted by Gasteiger charge is 2.06. The minimum absolute atomic E-state index is 0.900. The number of nitrogen functional groups attached to an aromatic ring is 1. The summed E-state index contributed by atoms with van der Waals surface area (Å²) < 4.78 is 1.06. The van der Waals surface area contributed by atoms with E-state index >= 15 is 0 Å². The summed E-state index contributed by atoms with van der Waals surface area (Å²) >= 11 is 3.43. The van der Waals surface area contributed by atoms with Gasteiger partial charge in [0.05, 0.1) is 11.2 Å². The standard InChI is InChI=1S/C9H10BrN3/c1-2-8-7-5-6(10)3-4-9(7)13(11)12-8/h3-5H,2,11H2,1H3. The van der Waals surface area contributed by atoms with Crippen LogP contribution in [0.1, 0.15) is 12.6 Å². The van der Waals surface area contributed by atoms with Crippen molar-refractivity contribution in [3.63, 3.8) is 0 Å². The Bertz CT molecular complexity index is 447. The molecule has 4 heteroatoms. The first-order chi connectivity index (χ1) is 6.22. The minimum atomic E-state index is 0.900. The summed E-state index contributed by atoms with van der Waals surface area (Å²) in [5, 5.41) is 5.35. The molecule has 0 aliphatic heterocycles. The van der Waals surface area contributed by atoms with Crippen molar-refractivity contribution in [3.8, 4) is 0 Å². The average Bonchev–Trinajstić information content (AvgIpc) is 2.42. The van der Waals surface area contributed by atoms with E-state index in [2.05, 4.69) is 28.0 Å². The Morgan fingerprint density at radius 1 is 1.54 bits per heavy atom. The van der Waals surface area contributed by atoms with Gasteiger partial charge in [0.1, 0.15) is 0 Å². The zero-order chi connectivity index (χ0) is 9.42. The molecule has 2 aromatic rings. The van der Waals surface area contributed by atoms with E-state index in [-0.39, 0.29) is 0 Å². The van der Waals surface area contributed by atoms with Crippen molar-refractivity contribution in [2.75, 3.05) is 5.84 Å². The summed E-state index contributed by atoms with van der Waals surface area (Å²) in [4.78, 5) is 1.43. The minimum Gasteiger partial charge on any atom is -0.323 e. The highest BCUT2D eigenvalue weighted by Crippen LogP contribution is 2.22. The second kappa shape index (κ2) is 3.03. The van der Waals surface area contributed by atoms with Gasteiger partial charge in [0.25, 0.3) is 0 Å². The van der Waals surface area contributed by atoms with Crippen LogP contribution in [0.2, 0.25) is 0 Å². The molecule has 0 spiro atoms. The van der Waals surface area contributed by atoms with Crippen molar-refractivity contribution < 1.29 is 0 Å². The van der Waals surface area contributed by atoms with Gasteiger partial charge in [0, 0.05) is 9.86 Å². The van der Waals surface area contributed by atoms with Crippen LogP contribution in [0.3, 0.4) is 0 Å². The molecule has 1 aromatic carbocycles. The van der Waals surface area contributed by atoms with Crippen LogP contribution in [0.25, 0.3) is 10.9 Å². The molecule has 3 nitrogen and oxygen atoms in total. The maximum atomic E-state index is 5.69. The molecule has 0 bridgehead atoms. The van der Waals surface area contributed by atoms with E-state index < -0.39 is 0 Å². The molecule has 0 atom stereocenters. The van der Waals surface area contributed by atoms with Gasteiger partial charge in [-0.25, -0.2) is 0 Å². The lowest BCUT2D eigenvalue weighted by molar-refractivity contribution is 0.824. The number of hydrogen-bond acceptors (Lipinski definition) is 2. The zero-order valence-corrected chi connectivity index (χ0v) is 8.87. The molecule has 0 unspecified atom stereocenters. The SMILES string of the molecule is CCc1nn(N)c2ccc(Br)cc12. The van der Waals surface area contributed by atoms with Crippen molar-refractivity contribution >= 4 is 26.8 Å². The number of nitrogens with two attached hydrogens (primary N) is 1. The molecule has 1 heterocycles. The van der Waals surface area contributed by atoms with Crippen molar-refractivity contribution in [3.05, 3.63) is 28.4 Å². The van der Waals surface area contributed by atoms with E-state index in [4.69, 9.17) is 5.84 Å². The first-order valence-corrected chi connectivity index (χ1v) is 4.94. The number of aromatic nitrogens is 2. The van der Waals surface area contributed by atoms with Crippen molar-refractivity contribution in [1.82, 2.24) is 9.89 Å². The van der Waals surface area contributed by atoms with Gasteiger partial charge in [-0.2, -0.15) is 9.89 Å². The van der Waals surface area contributed by atoms with Crippen LogP contribution >= 0.6 is 15.9 Å². The van der Waals surface area contributed by atoms with Gasteiger partial charge in [-0.1, -0.05) is 22.9 Å². The number of benzene rings is 1. The lowest BCUT2D eigenvalue weighted by Crippen LogP contribution is -2.09. The Morgan fingerprint density at radius 3 is 3.00 bits per heavy atom. The van der Waals surface area contributed by atoms with Crippen molar-refractivity contribution in [1.29, 1.82) is 0 Å². The predicted molar refractivity (Wildman–Crippen MR) is 57.0 cm³/mol. The predicted octanol–water partition coefficient (Wildman–Crippen LogP) is 2.08. The topological polar surface area (TPSA) is 43.8 Å². The molecule has 0 radical (unpaired) electrons. The molecular weight excluding hydrogens is 230 g/mol. The lowest BCUT2D eigenvalue weighted by atomic mass is 10.2. The first kappa shape index (κ1) is 8.56. The third-order valence-corrected chi connectivity index (χ3v) is 2.57. The fraction of sp³-hybridized carbons (Fsp3) is 0.222. The number of fused-ring (bicyclic) bond motifs is 1. The molecule has 0 amide bonds. The van der Waals surface area contributed by atoms with Gasteiger partial charge in [0.15, 0.2) is 0 Å². The van der Waals surface area contributed by atoms with E-state index in [9.17, 15) is 0 Å². The van der Waals surface area contributed by atoms with E-state index in [1.54, 1.807) is 0 Å². The number of nitrogens with zero attached hydrogens (tertiary/aromatic N) is 2. The van der Waals surface area contributed by atoms with Crippen LogP contribution in [-0.2, 0) is 6.42 Å². The maximum Gasteiger partial charge on any atom is 0.0919 e. The molecule has 0 aliphatic rings. The normalized spacial score (nSPS) is 10.9. The number of aryl methyl sites for hydroxylation is 1. The molecule has 68 valence electrons. The molecule has 0 fully saturated rings. The highest BCUT2D eigenvalue weighted by molar-refractivity contribution is 9.10. The quantitative estimate of drug-likeness (QED) is 0.775. The van der Waals surface area contributed by atoms with Crippen molar-refractivity contribution in [2.24, 2.45) is 0 Å². The van der Waals surface area contributed by atoms with Crippen LogP contribution in [0.15, 0.2) is 22.7 Å². The summed E-state index contributed by atoms with van der Waals surface area (Å²) in [6, 6.07) is 5.98. The average molecular weight is 240 g/mol.